The molecule has 72 valence electrons. The van der Waals surface area contributed by atoms with E-state index in [9.17, 15) is 0 Å². The van der Waals surface area contributed by atoms with Crippen molar-refractivity contribution in [1.29, 1.82) is 0 Å². The molecule has 0 rings (SSSR count). The molecule has 0 amide bonds. The van der Waals surface area contributed by atoms with E-state index in [1.54, 1.807) is 0 Å². The third kappa shape index (κ3) is 10.6. The van der Waals surface area contributed by atoms with Crippen LogP contribution in [0.1, 0.15) is 51.9 Å². The first-order valence-electron chi connectivity index (χ1n) is 4.82. The highest BCUT2D eigenvalue weighted by atomic mass is 79.9. The molecule has 0 heterocycles. The maximum atomic E-state index is 4.13. The van der Waals surface area contributed by atoms with Crippen LogP contribution < -0.4 is 0 Å². The number of hydrogen-bond acceptors (Lipinski definition) is 1. The Labute approximate surface area is 90.4 Å². The Bertz CT molecular complexity index is 117. The molecule has 0 N–H and O–H groups in total. The minimum atomic E-state index is 0.969. The van der Waals surface area contributed by atoms with Gasteiger partial charge in [0.1, 0.15) is 0 Å². The molecule has 0 radical (unpaired) electrons. The van der Waals surface area contributed by atoms with Crippen molar-refractivity contribution in [1.82, 2.24) is 0 Å². The average molecular weight is 251 g/mol. The number of hydrogen-bond donors (Lipinski definition) is 1. The molecule has 0 atom stereocenters. The van der Waals surface area contributed by atoms with Gasteiger partial charge >= 0.3 is 0 Å². The van der Waals surface area contributed by atoms with Crippen LogP contribution in [-0.2, 0) is 0 Å². The molecular formula is C10H19BrS. The van der Waals surface area contributed by atoms with Crippen molar-refractivity contribution in [2.75, 3.05) is 0 Å². The highest BCUT2D eigenvalue weighted by Gasteiger charge is 1.88. The van der Waals surface area contributed by atoms with Gasteiger partial charge in [0.25, 0.3) is 0 Å². The molecular weight excluding hydrogens is 232 g/mol. The van der Waals surface area contributed by atoms with Crippen LogP contribution in [0, 0.1) is 0 Å². The Hall–Kier alpha value is 0.570. The van der Waals surface area contributed by atoms with Gasteiger partial charge in [-0.25, -0.2) is 0 Å². The van der Waals surface area contributed by atoms with Crippen LogP contribution >= 0.6 is 28.6 Å². The first-order valence-corrected chi connectivity index (χ1v) is 6.06. The molecule has 0 fully saturated rings. The average Bonchev–Trinajstić information content (AvgIpc) is 2.02. The molecule has 0 saturated heterocycles. The fourth-order valence-corrected chi connectivity index (χ4v) is 1.50. The van der Waals surface area contributed by atoms with Gasteiger partial charge in [-0.05, 0) is 28.8 Å². The standard InChI is InChI=1S/C10H19BrS/c1-2-3-4-5-6-7-8-9-10(11)12/h9,12H,2-8H2,1H3/b10-9+. The van der Waals surface area contributed by atoms with Crippen LogP contribution in [0.25, 0.3) is 0 Å². The SMILES string of the molecule is CCCCCCCC/C=C(/S)Br. The van der Waals surface area contributed by atoms with Crippen LogP contribution in [0.5, 0.6) is 0 Å². The van der Waals surface area contributed by atoms with Crippen LogP contribution in [0.2, 0.25) is 0 Å². The molecule has 0 spiro atoms. The van der Waals surface area contributed by atoms with E-state index >= 15 is 0 Å². The molecule has 0 saturated carbocycles. The summed E-state index contributed by atoms with van der Waals surface area (Å²) in [5.74, 6) is 0. The molecule has 0 aromatic heterocycles. The zero-order valence-corrected chi connectivity index (χ0v) is 10.3. The van der Waals surface area contributed by atoms with E-state index in [1.165, 1.54) is 38.5 Å². The van der Waals surface area contributed by atoms with Gasteiger partial charge < -0.3 is 0 Å². The summed E-state index contributed by atoms with van der Waals surface area (Å²) in [4.78, 5) is 0. The molecule has 0 aromatic rings. The molecule has 2 heteroatoms. The van der Waals surface area contributed by atoms with Gasteiger partial charge in [-0.15, -0.1) is 12.6 Å². The highest BCUT2D eigenvalue weighted by molar-refractivity contribution is 9.13. The van der Waals surface area contributed by atoms with E-state index in [0.717, 1.165) is 10.2 Å². The minimum absolute atomic E-state index is 0.969. The van der Waals surface area contributed by atoms with Crippen LogP contribution in [0.3, 0.4) is 0 Å². The second kappa shape index (κ2) is 9.66. The molecule has 0 aliphatic rings. The zero-order valence-electron chi connectivity index (χ0n) is 7.85. The lowest BCUT2D eigenvalue weighted by atomic mass is 10.1. The number of unbranched alkanes of at least 4 members (excludes halogenated alkanes) is 6. The van der Waals surface area contributed by atoms with E-state index in [4.69, 9.17) is 0 Å². The fraction of sp³-hybridized carbons (Fsp3) is 0.800. The van der Waals surface area contributed by atoms with Gasteiger partial charge in [-0.2, -0.15) is 0 Å². The van der Waals surface area contributed by atoms with E-state index in [1.807, 2.05) is 0 Å². The van der Waals surface area contributed by atoms with Crippen molar-refractivity contribution in [2.45, 2.75) is 51.9 Å². The Morgan fingerprint density at radius 2 is 1.75 bits per heavy atom. The molecule has 0 bridgehead atoms. The molecule has 0 aliphatic heterocycles. The third-order valence-corrected chi connectivity index (χ3v) is 2.38. The highest BCUT2D eigenvalue weighted by Crippen LogP contribution is 2.13. The summed E-state index contributed by atoms with van der Waals surface area (Å²) in [5, 5.41) is 0. The maximum Gasteiger partial charge on any atom is 0.0432 e. The predicted octanol–water partition coefficient (Wildman–Crippen LogP) is 4.90. The summed E-state index contributed by atoms with van der Waals surface area (Å²) >= 11 is 7.43. The molecule has 0 nitrogen and oxygen atoms in total. The second-order valence-electron chi connectivity index (χ2n) is 3.08. The molecule has 0 aliphatic carbocycles. The number of halogens is 1. The second-order valence-corrected chi connectivity index (χ2v) is 5.03. The summed E-state index contributed by atoms with van der Waals surface area (Å²) in [6.45, 7) is 2.25. The zero-order chi connectivity index (χ0) is 9.23. The van der Waals surface area contributed by atoms with Gasteiger partial charge in [0, 0.05) is 3.81 Å². The topological polar surface area (TPSA) is 0 Å². The quantitative estimate of drug-likeness (QED) is 0.482. The third-order valence-electron chi connectivity index (χ3n) is 1.87. The lowest BCUT2D eigenvalue weighted by molar-refractivity contribution is 0.611. The normalized spacial score (nSPS) is 12.1. The Morgan fingerprint density at radius 1 is 1.17 bits per heavy atom. The summed E-state index contributed by atoms with van der Waals surface area (Å²) in [6, 6.07) is 0. The number of allylic oxidation sites excluding steroid dienone is 1. The van der Waals surface area contributed by atoms with Gasteiger partial charge in [0.05, 0.1) is 0 Å². The Morgan fingerprint density at radius 3 is 2.33 bits per heavy atom. The van der Waals surface area contributed by atoms with Crippen LogP contribution in [-0.4, -0.2) is 0 Å². The van der Waals surface area contributed by atoms with Gasteiger partial charge in [-0.1, -0.05) is 45.1 Å². The van der Waals surface area contributed by atoms with Crippen LogP contribution in [0.15, 0.2) is 9.89 Å². The van der Waals surface area contributed by atoms with E-state index in [2.05, 4.69) is 41.6 Å². The summed E-state index contributed by atoms with van der Waals surface area (Å²) in [6.07, 6.45) is 11.5. The summed E-state index contributed by atoms with van der Waals surface area (Å²) in [7, 11) is 0. The number of thiol groups is 1. The fourth-order valence-electron chi connectivity index (χ4n) is 1.15. The molecule has 0 aromatic carbocycles. The Balaban J connectivity index is 2.96. The first-order chi connectivity index (χ1) is 5.77. The summed E-state index contributed by atoms with van der Waals surface area (Å²) < 4.78 is 0.969. The summed E-state index contributed by atoms with van der Waals surface area (Å²) in [5.41, 5.74) is 0. The largest absolute Gasteiger partial charge is 0.136 e. The van der Waals surface area contributed by atoms with Crippen molar-refractivity contribution in [3.05, 3.63) is 9.89 Å². The van der Waals surface area contributed by atoms with Crippen LogP contribution in [0.4, 0.5) is 0 Å². The predicted molar refractivity (Wildman–Crippen MR) is 64.0 cm³/mol. The smallest absolute Gasteiger partial charge is 0.0432 e. The van der Waals surface area contributed by atoms with E-state index in [0.29, 0.717) is 0 Å². The van der Waals surface area contributed by atoms with Crippen molar-refractivity contribution < 1.29 is 0 Å². The van der Waals surface area contributed by atoms with Crippen molar-refractivity contribution >= 4 is 28.6 Å². The molecule has 12 heavy (non-hydrogen) atoms. The van der Waals surface area contributed by atoms with E-state index in [-0.39, 0.29) is 0 Å². The van der Waals surface area contributed by atoms with Gasteiger partial charge in [-0.3, -0.25) is 0 Å². The minimum Gasteiger partial charge on any atom is -0.136 e. The van der Waals surface area contributed by atoms with Crippen molar-refractivity contribution in [2.24, 2.45) is 0 Å². The van der Waals surface area contributed by atoms with Gasteiger partial charge in [0.2, 0.25) is 0 Å². The maximum absolute atomic E-state index is 4.13. The van der Waals surface area contributed by atoms with Crippen molar-refractivity contribution in [3.63, 3.8) is 0 Å². The molecule has 0 unspecified atom stereocenters. The Kier molecular flexibility index (Phi) is 10.1. The lowest BCUT2D eigenvalue weighted by Crippen LogP contribution is -1.77. The van der Waals surface area contributed by atoms with Crippen molar-refractivity contribution in [3.8, 4) is 0 Å². The first kappa shape index (κ1) is 12.6. The lowest BCUT2D eigenvalue weighted by Gasteiger charge is -1.97. The monoisotopic (exact) mass is 250 g/mol. The van der Waals surface area contributed by atoms with Gasteiger partial charge in [0.15, 0.2) is 0 Å². The number of rotatable bonds is 7. The van der Waals surface area contributed by atoms with E-state index < -0.39 is 0 Å².